The van der Waals surface area contributed by atoms with E-state index in [1.807, 2.05) is 13.1 Å². The summed E-state index contributed by atoms with van der Waals surface area (Å²) < 4.78 is 0. The molecule has 3 nitrogen and oxygen atoms in total. The van der Waals surface area contributed by atoms with Gasteiger partial charge in [0, 0.05) is 12.4 Å². The zero-order chi connectivity index (χ0) is 7.73. The van der Waals surface area contributed by atoms with Gasteiger partial charge in [-0.1, -0.05) is 0 Å². The van der Waals surface area contributed by atoms with Crippen LogP contribution < -0.4 is 5.32 Å². The van der Waals surface area contributed by atoms with Gasteiger partial charge >= 0.3 is 0 Å². The summed E-state index contributed by atoms with van der Waals surface area (Å²) in [5.74, 6) is 0.933. The minimum atomic E-state index is 0. The average Bonchev–Trinajstić information content (AvgIpc) is 2.86. The number of halogens is 1. The number of hydrogen-bond donors (Lipinski definition) is 1. The van der Waals surface area contributed by atoms with Gasteiger partial charge in [-0.3, -0.25) is 0 Å². The molecule has 0 aromatic carbocycles. The summed E-state index contributed by atoms with van der Waals surface area (Å²) in [7, 11) is 1.96. The summed E-state index contributed by atoms with van der Waals surface area (Å²) >= 11 is 0. The van der Waals surface area contributed by atoms with Crippen LogP contribution in [0.4, 0.5) is 0 Å². The third-order valence-corrected chi connectivity index (χ3v) is 2.22. The lowest BCUT2D eigenvalue weighted by Crippen LogP contribution is -2.26. The van der Waals surface area contributed by atoms with Crippen LogP contribution in [0.1, 0.15) is 18.7 Å². The van der Waals surface area contributed by atoms with Crippen molar-refractivity contribution >= 4 is 12.4 Å². The number of nitrogens with zero attached hydrogens (tertiary/aromatic N) is 2. The van der Waals surface area contributed by atoms with Gasteiger partial charge in [-0.05, 0) is 26.0 Å². The molecule has 0 bridgehead atoms. The Hall–Kier alpha value is -0.670. The van der Waals surface area contributed by atoms with E-state index in [0.29, 0.717) is 0 Å². The molecule has 66 valence electrons. The van der Waals surface area contributed by atoms with Gasteiger partial charge in [0.2, 0.25) is 0 Å². The maximum Gasteiger partial charge on any atom is 0.148 e. The van der Waals surface area contributed by atoms with Crippen LogP contribution in [-0.4, -0.2) is 17.0 Å². The fourth-order valence-corrected chi connectivity index (χ4v) is 1.26. The summed E-state index contributed by atoms with van der Waals surface area (Å²) in [5, 5.41) is 3.24. The summed E-state index contributed by atoms with van der Waals surface area (Å²) in [4.78, 5) is 8.42. The average molecular weight is 186 g/mol. The van der Waals surface area contributed by atoms with Crippen LogP contribution in [-0.2, 0) is 5.54 Å². The Morgan fingerprint density at radius 1 is 1.33 bits per heavy atom. The van der Waals surface area contributed by atoms with Crippen molar-refractivity contribution in [2.75, 3.05) is 7.05 Å². The van der Waals surface area contributed by atoms with E-state index in [1.54, 1.807) is 12.4 Å². The SMILES string of the molecule is CNC1(c2ncccn2)CC1.Cl. The second-order valence-corrected chi connectivity index (χ2v) is 2.90. The Morgan fingerprint density at radius 3 is 2.33 bits per heavy atom. The first-order chi connectivity index (χ1) is 5.37. The van der Waals surface area contributed by atoms with Gasteiger partial charge in [-0.15, -0.1) is 12.4 Å². The van der Waals surface area contributed by atoms with E-state index in [-0.39, 0.29) is 17.9 Å². The van der Waals surface area contributed by atoms with Crippen molar-refractivity contribution < 1.29 is 0 Å². The Balaban J connectivity index is 0.000000720. The van der Waals surface area contributed by atoms with Crippen LogP contribution in [0.2, 0.25) is 0 Å². The molecule has 0 atom stereocenters. The molecule has 0 saturated heterocycles. The van der Waals surface area contributed by atoms with Crippen molar-refractivity contribution in [3.05, 3.63) is 24.3 Å². The lowest BCUT2D eigenvalue weighted by molar-refractivity contribution is 0.547. The molecule has 2 rings (SSSR count). The molecule has 4 heteroatoms. The molecule has 12 heavy (non-hydrogen) atoms. The molecule has 0 aliphatic heterocycles. The third-order valence-electron chi connectivity index (χ3n) is 2.22. The second-order valence-electron chi connectivity index (χ2n) is 2.90. The Morgan fingerprint density at radius 2 is 1.92 bits per heavy atom. The maximum atomic E-state index is 4.21. The highest BCUT2D eigenvalue weighted by atomic mass is 35.5. The first-order valence-corrected chi connectivity index (χ1v) is 3.84. The van der Waals surface area contributed by atoms with E-state index in [1.165, 1.54) is 0 Å². The third kappa shape index (κ3) is 1.42. The molecule has 0 radical (unpaired) electrons. The Kier molecular flexibility index (Phi) is 2.65. The zero-order valence-corrected chi connectivity index (χ0v) is 7.77. The van der Waals surface area contributed by atoms with Crippen molar-refractivity contribution in [1.82, 2.24) is 15.3 Å². The van der Waals surface area contributed by atoms with E-state index in [2.05, 4.69) is 15.3 Å². The fraction of sp³-hybridized carbons (Fsp3) is 0.500. The highest BCUT2D eigenvalue weighted by molar-refractivity contribution is 5.85. The lowest BCUT2D eigenvalue weighted by Gasteiger charge is -2.10. The maximum absolute atomic E-state index is 4.21. The van der Waals surface area contributed by atoms with Crippen molar-refractivity contribution in [1.29, 1.82) is 0 Å². The summed E-state index contributed by atoms with van der Waals surface area (Å²) in [5.41, 5.74) is 0.112. The largest absolute Gasteiger partial charge is 0.308 e. The Labute approximate surface area is 78.0 Å². The first kappa shape index (κ1) is 9.42. The molecule has 0 amide bonds. The van der Waals surface area contributed by atoms with E-state index >= 15 is 0 Å². The van der Waals surface area contributed by atoms with Crippen LogP contribution in [0.3, 0.4) is 0 Å². The van der Waals surface area contributed by atoms with E-state index in [4.69, 9.17) is 0 Å². The van der Waals surface area contributed by atoms with Gasteiger partial charge < -0.3 is 5.32 Å². The first-order valence-electron chi connectivity index (χ1n) is 3.84. The van der Waals surface area contributed by atoms with E-state index in [0.717, 1.165) is 18.7 Å². The van der Waals surface area contributed by atoms with Gasteiger partial charge in [0.25, 0.3) is 0 Å². The van der Waals surface area contributed by atoms with Gasteiger partial charge in [0.15, 0.2) is 0 Å². The van der Waals surface area contributed by atoms with Crippen LogP contribution in [0.25, 0.3) is 0 Å². The molecule has 1 heterocycles. The van der Waals surface area contributed by atoms with Crippen molar-refractivity contribution in [3.8, 4) is 0 Å². The van der Waals surface area contributed by atoms with Gasteiger partial charge in [-0.25, -0.2) is 9.97 Å². The van der Waals surface area contributed by atoms with Crippen LogP contribution in [0, 0.1) is 0 Å². The second kappa shape index (κ2) is 3.37. The zero-order valence-electron chi connectivity index (χ0n) is 6.95. The molecule has 1 N–H and O–H groups in total. The summed E-state index contributed by atoms with van der Waals surface area (Å²) in [6.45, 7) is 0. The lowest BCUT2D eigenvalue weighted by atomic mass is 10.2. The number of aromatic nitrogens is 2. The smallest absolute Gasteiger partial charge is 0.148 e. The monoisotopic (exact) mass is 185 g/mol. The number of hydrogen-bond acceptors (Lipinski definition) is 3. The molecule has 1 fully saturated rings. The normalized spacial score (nSPS) is 18.1. The molecule has 1 aliphatic rings. The van der Waals surface area contributed by atoms with Crippen LogP contribution >= 0.6 is 12.4 Å². The molecule has 0 spiro atoms. The molecular formula is C8H12ClN3. The number of nitrogens with one attached hydrogen (secondary N) is 1. The van der Waals surface area contributed by atoms with E-state index in [9.17, 15) is 0 Å². The molecule has 0 unspecified atom stereocenters. The number of rotatable bonds is 2. The predicted octanol–water partition coefficient (Wildman–Crippen LogP) is 1.11. The highest BCUT2D eigenvalue weighted by Crippen LogP contribution is 2.42. The molecule has 1 aromatic heterocycles. The quantitative estimate of drug-likeness (QED) is 0.750. The topological polar surface area (TPSA) is 37.8 Å². The van der Waals surface area contributed by atoms with Crippen molar-refractivity contribution in [2.45, 2.75) is 18.4 Å². The minimum absolute atomic E-state index is 0. The molecule has 1 saturated carbocycles. The minimum Gasteiger partial charge on any atom is -0.308 e. The van der Waals surface area contributed by atoms with Crippen LogP contribution in [0.5, 0.6) is 0 Å². The molecule has 1 aliphatic carbocycles. The predicted molar refractivity (Wildman–Crippen MR) is 49.3 cm³/mol. The highest BCUT2D eigenvalue weighted by Gasteiger charge is 2.45. The van der Waals surface area contributed by atoms with Gasteiger partial charge in [0.05, 0.1) is 5.54 Å². The van der Waals surface area contributed by atoms with E-state index < -0.39 is 0 Å². The van der Waals surface area contributed by atoms with Crippen molar-refractivity contribution in [2.24, 2.45) is 0 Å². The summed E-state index contributed by atoms with van der Waals surface area (Å²) in [6, 6.07) is 1.84. The van der Waals surface area contributed by atoms with Crippen molar-refractivity contribution in [3.63, 3.8) is 0 Å². The van der Waals surface area contributed by atoms with Crippen LogP contribution in [0.15, 0.2) is 18.5 Å². The van der Waals surface area contributed by atoms with Gasteiger partial charge in [-0.2, -0.15) is 0 Å². The molecular weight excluding hydrogens is 174 g/mol. The fourth-order valence-electron chi connectivity index (χ4n) is 1.26. The standard InChI is InChI=1S/C8H11N3.ClH/c1-9-8(3-4-8)7-10-5-2-6-11-7;/h2,5-6,9H,3-4H2,1H3;1H. The van der Waals surface area contributed by atoms with Gasteiger partial charge in [0.1, 0.15) is 5.82 Å². The summed E-state index contributed by atoms with van der Waals surface area (Å²) in [6.07, 6.45) is 5.90. The Bertz CT molecular complexity index is 246. The molecule has 1 aromatic rings.